The highest BCUT2D eigenvalue weighted by Gasteiger charge is 2.12. The van der Waals surface area contributed by atoms with E-state index in [-0.39, 0.29) is 24.8 Å². The molecule has 1 aromatic carbocycles. The van der Waals surface area contributed by atoms with Gasteiger partial charge in [-0.05, 0) is 35.0 Å². The molecule has 10 heteroatoms. The van der Waals surface area contributed by atoms with Gasteiger partial charge in [0.2, 0.25) is 11.9 Å². The molecule has 0 bridgehead atoms. The number of nitrogens with zero attached hydrogens (tertiary/aromatic N) is 5. The summed E-state index contributed by atoms with van der Waals surface area (Å²) in [6, 6.07) is 4.47. The number of nitrogens with one attached hydrogen (secondary N) is 1. The van der Waals surface area contributed by atoms with Crippen LogP contribution in [-0.2, 0) is 17.9 Å². The van der Waals surface area contributed by atoms with Crippen molar-refractivity contribution in [2.24, 2.45) is 0 Å². The van der Waals surface area contributed by atoms with Gasteiger partial charge in [0.25, 0.3) is 0 Å². The zero-order valence-corrected chi connectivity index (χ0v) is 16.1. The Hall–Kier alpha value is -2.26. The first kappa shape index (κ1) is 18.5. The number of aromatic nitrogens is 5. The minimum absolute atomic E-state index is 0.120. The van der Waals surface area contributed by atoms with E-state index in [4.69, 9.17) is 11.6 Å². The van der Waals surface area contributed by atoms with Gasteiger partial charge in [-0.25, -0.2) is 14.1 Å². The van der Waals surface area contributed by atoms with E-state index in [2.05, 4.69) is 36.4 Å². The normalized spacial score (nSPS) is 10.9. The predicted molar refractivity (Wildman–Crippen MR) is 98.4 cm³/mol. The van der Waals surface area contributed by atoms with E-state index in [1.165, 1.54) is 23.1 Å². The van der Waals surface area contributed by atoms with E-state index in [0.29, 0.717) is 17.1 Å². The van der Waals surface area contributed by atoms with Gasteiger partial charge in [-0.3, -0.25) is 14.8 Å². The van der Waals surface area contributed by atoms with E-state index >= 15 is 0 Å². The average molecular weight is 442 g/mol. The fourth-order valence-corrected chi connectivity index (χ4v) is 2.84. The molecule has 0 unspecified atom stereocenters. The third-order valence-electron chi connectivity index (χ3n) is 3.76. The molecule has 2 aromatic heterocycles. The maximum absolute atomic E-state index is 13.8. The largest absolute Gasteiger partial charge is 0.293 e. The van der Waals surface area contributed by atoms with Crippen molar-refractivity contribution in [3.63, 3.8) is 0 Å². The molecule has 2 heterocycles. The molecule has 0 saturated carbocycles. The van der Waals surface area contributed by atoms with Gasteiger partial charge in [0.05, 0.1) is 23.8 Å². The lowest BCUT2D eigenvalue weighted by molar-refractivity contribution is -0.116. The number of halogens is 3. The third-order valence-corrected chi connectivity index (χ3v) is 4.90. The lowest BCUT2D eigenvalue weighted by Crippen LogP contribution is -2.16. The number of benzene rings is 1. The van der Waals surface area contributed by atoms with E-state index in [0.717, 1.165) is 10.2 Å². The summed E-state index contributed by atoms with van der Waals surface area (Å²) in [7, 11) is 0. The first-order valence-corrected chi connectivity index (χ1v) is 8.91. The van der Waals surface area contributed by atoms with Crippen molar-refractivity contribution in [1.82, 2.24) is 24.5 Å². The molecular weight excluding hydrogens is 427 g/mol. The van der Waals surface area contributed by atoms with E-state index in [9.17, 15) is 9.18 Å². The van der Waals surface area contributed by atoms with E-state index in [1.54, 1.807) is 16.9 Å². The highest BCUT2D eigenvalue weighted by atomic mass is 79.9. The Morgan fingerprint density at radius 3 is 2.92 bits per heavy atom. The second kappa shape index (κ2) is 7.96. The van der Waals surface area contributed by atoms with E-state index in [1.807, 2.05) is 6.92 Å². The standard InChI is InChI=1S/C16H15BrClFN6O/c1-10-12(17)7-21-25(10)6-5-15(26)22-16-20-9-24(23-16)8-11-13(18)3-2-4-14(11)19/h2-4,7,9H,5-6,8H2,1H3,(H,22,23,26). The van der Waals surface area contributed by atoms with E-state index < -0.39 is 5.82 Å². The van der Waals surface area contributed by atoms with Crippen LogP contribution in [0.2, 0.25) is 5.02 Å². The first-order chi connectivity index (χ1) is 12.4. The fourth-order valence-electron chi connectivity index (χ4n) is 2.32. The highest BCUT2D eigenvalue weighted by Crippen LogP contribution is 2.20. The molecule has 3 rings (SSSR count). The SMILES string of the molecule is Cc1c(Br)cnn1CCC(=O)Nc1ncn(Cc2c(F)cccc2Cl)n1. The van der Waals surface area contributed by atoms with Crippen molar-refractivity contribution in [3.05, 3.63) is 57.3 Å². The number of carbonyl (C=O) groups is 1. The predicted octanol–water partition coefficient (Wildman–Crippen LogP) is 3.42. The Kier molecular flexibility index (Phi) is 5.67. The Labute approximate surface area is 162 Å². The lowest BCUT2D eigenvalue weighted by Gasteiger charge is -2.05. The maximum Gasteiger partial charge on any atom is 0.248 e. The Morgan fingerprint density at radius 2 is 2.23 bits per heavy atom. The summed E-state index contributed by atoms with van der Waals surface area (Å²) in [5.74, 6) is -0.502. The summed E-state index contributed by atoms with van der Waals surface area (Å²) in [5.41, 5.74) is 1.26. The molecule has 0 spiro atoms. The summed E-state index contributed by atoms with van der Waals surface area (Å²) in [6.07, 6.45) is 3.32. The molecule has 136 valence electrons. The van der Waals surface area contributed by atoms with Crippen LogP contribution in [-0.4, -0.2) is 30.5 Å². The number of aryl methyl sites for hydroxylation is 1. The molecule has 3 aromatic rings. The van der Waals surface area contributed by atoms with Crippen molar-refractivity contribution in [2.75, 3.05) is 5.32 Å². The van der Waals surface area contributed by atoms with Gasteiger partial charge in [-0.2, -0.15) is 5.10 Å². The Morgan fingerprint density at radius 1 is 1.42 bits per heavy atom. The molecular formula is C16H15BrClFN6O. The minimum Gasteiger partial charge on any atom is -0.293 e. The highest BCUT2D eigenvalue weighted by molar-refractivity contribution is 9.10. The molecule has 0 atom stereocenters. The molecule has 1 amide bonds. The number of hydrogen-bond donors (Lipinski definition) is 1. The summed E-state index contributed by atoms with van der Waals surface area (Å²) in [4.78, 5) is 16.1. The van der Waals surface area contributed by atoms with Crippen LogP contribution in [0.1, 0.15) is 17.7 Å². The van der Waals surface area contributed by atoms with Crippen molar-refractivity contribution in [1.29, 1.82) is 0 Å². The Bertz CT molecular complexity index is 920. The van der Waals surface area contributed by atoms with Gasteiger partial charge in [-0.1, -0.05) is 17.7 Å². The molecule has 0 aliphatic carbocycles. The van der Waals surface area contributed by atoms with Crippen LogP contribution in [0, 0.1) is 12.7 Å². The summed E-state index contributed by atoms with van der Waals surface area (Å²) in [6.45, 7) is 2.47. The van der Waals surface area contributed by atoms with Crippen molar-refractivity contribution in [2.45, 2.75) is 26.4 Å². The zero-order valence-electron chi connectivity index (χ0n) is 13.8. The maximum atomic E-state index is 13.8. The number of anilines is 1. The molecule has 0 radical (unpaired) electrons. The van der Waals surface area contributed by atoms with Gasteiger partial charge >= 0.3 is 0 Å². The first-order valence-electron chi connectivity index (χ1n) is 7.74. The van der Waals surface area contributed by atoms with Gasteiger partial charge in [0, 0.05) is 22.7 Å². The second-order valence-corrected chi connectivity index (χ2v) is 6.83. The van der Waals surface area contributed by atoms with Crippen LogP contribution in [0.25, 0.3) is 0 Å². The number of amides is 1. The Balaban J connectivity index is 1.58. The van der Waals surface area contributed by atoms with Gasteiger partial charge in [0.15, 0.2) is 0 Å². The topological polar surface area (TPSA) is 77.6 Å². The molecule has 0 saturated heterocycles. The van der Waals surface area contributed by atoms with Gasteiger partial charge in [-0.15, -0.1) is 5.10 Å². The van der Waals surface area contributed by atoms with Gasteiger partial charge in [0.1, 0.15) is 12.1 Å². The fraction of sp³-hybridized carbons (Fsp3) is 0.250. The molecule has 0 fully saturated rings. The van der Waals surface area contributed by atoms with Crippen LogP contribution in [0.5, 0.6) is 0 Å². The van der Waals surface area contributed by atoms with Crippen molar-refractivity contribution in [3.8, 4) is 0 Å². The third kappa shape index (κ3) is 4.28. The van der Waals surface area contributed by atoms with Crippen LogP contribution in [0.4, 0.5) is 10.3 Å². The molecule has 0 aliphatic rings. The second-order valence-electron chi connectivity index (χ2n) is 5.57. The van der Waals surface area contributed by atoms with Crippen LogP contribution >= 0.6 is 27.5 Å². The summed E-state index contributed by atoms with van der Waals surface area (Å²) in [5, 5.41) is 11.2. The van der Waals surface area contributed by atoms with Crippen LogP contribution in [0.3, 0.4) is 0 Å². The number of rotatable bonds is 6. The number of hydrogen-bond acceptors (Lipinski definition) is 4. The average Bonchev–Trinajstić information content (AvgIpc) is 3.17. The van der Waals surface area contributed by atoms with Crippen LogP contribution < -0.4 is 5.32 Å². The zero-order chi connectivity index (χ0) is 18.7. The van der Waals surface area contributed by atoms with Gasteiger partial charge < -0.3 is 0 Å². The quantitative estimate of drug-likeness (QED) is 0.636. The van der Waals surface area contributed by atoms with Crippen molar-refractivity contribution < 1.29 is 9.18 Å². The minimum atomic E-state index is -0.417. The monoisotopic (exact) mass is 440 g/mol. The molecule has 26 heavy (non-hydrogen) atoms. The smallest absolute Gasteiger partial charge is 0.248 e. The lowest BCUT2D eigenvalue weighted by atomic mass is 10.2. The number of carbonyl (C=O) groups excluding carboxylic acids is 1. The summed E-state index contributed by atoms with van der Waals surface area (Å²) < 4.78 is 17.9. The van der Waals surface area contributed by atoms with Crippen LogP contribution in [0.15, 0.2) is 35.2 Å². The molecule has 1 N–H and O–H groups in total. The molecule has 7 nitrogen and oxygen atoms in total. The summed E-state index contributed by atoms with van der Waals surface area (Å²) >= 11 is 9.38. The molecule has 0 aliphatic heterocycles. The van der Waals surface area contributed by atoms with Crippen molar-refractivity contribution >= 4 is 39.4 Å².